The van der Waals surface area contributed by atoms with Gasteiger partial charge in [-0.1, -0.05) is 30.0 Å². The number of benzene rings is 1. The van der Waals surface area contributed by atoms with E-state index in [9.17, 15) is 5.11 Å². The van der Waals surface area contributed by atoms with Crippen molar-refractivity contribution in [2.24, 2.45) is 0 Å². The van der Waals surface area contributed by atoms with E-state index < -0.39 is 0 Å². The molecule has 0 fully saturated rings. The van der Waals surface area contributed by atoms with Crippen molar-refractivity contribution in [1.29, 1.82) is 0 Å². The van der Waals surface area contributed by atoms with E-state index in [1.807, 2.05) is 19.1 Å². The van der Waals surface area contributed by atoms with Crippen LogP contribution in [0.25, 0.3) is 6.08 Å². The second-order valence-corrected chi connectivity index (χ2v) is 2.41. The molecule has 0 aliphatic rings. The van der Waals surface area contributed by atoms with Gasteiger partial charge in [-0.25, -0.2) is 0 Å². The molecule has 0 saturated heterocycles. The van der Waals surface area contributed by atoms with Gasteiger partial charge in [-0.05, 0) is 18.6 Å². The topological polar surface area (TPSA) is 32.3 Å². The minimum atomic E-state index is -0.0780. The molecule has 0 aromatic heterocycles. The van der Waals surface area contributed by atoms with Gasteiger partial charge in [0.05, 0.1) is 7.11 Å². The Labute approximate surface area is 121 Å². The summed E-state index contributed by atoms with van der Waals surface area (Å²) >= 11 is 0. The largest absolute Gasteiger partial charge is 1.00 e. The molecule has 0 bridgehead atoms. The molecule has 0 spiro atoms. The Morgan fingerprint density at radius 3 is 2.62 bits per heavy atom. The van der Waals surface area contributed by atoms with Crippen LogP contribution in [0.2, 0.25) is 0 Å². The maximum absolute atomic E-state index is 11.1. The van der Waals surface area contributed by atoms with Crippen molar-refractivity contribution in [2.75, 3.05) is 7.11 Å². The standard InChI is InChI=1S/C10H12O2.K/c1-3-4-8-5-6-9(11)10(7-8)12-2;/h3-7,11H,1-2H3;/q;+1/p-1/b4-3+;. The Balaban J connectivity index is 0.00000144. The molecule has 0 unspecified atom stereocenters. The summed E-state index contributed by atoms with van der Waals surface area (Å²) in [5.74, 6) is 0.316. The third kappa shape index (κ3) is 3.83. The zero-order valence-electron chi connectivity index (χ0n) is 8.20. The molecule has 0 heterocycles. The van der Waals surface area contributed by atoms with Crippen molar-refractivity contribution < 1.29 is 61.2 Å². The number of rotatable bonds is 2. The van der Waals surface area contributed by atoms with Gasteiger partial charge >= 0.3 is 51.4 Å². The second kappa shape index (κ2) is 6.62. The Morgan fingerprint density at radius 1 is 1.38 bits per heavy atom. The number of ether oxygens (including phenoxy) is 1. The molecule has 0 saturated carbocycles. The third-order valence-corrected chi connectivity index (χ3v) is 1.55. The van der Waals surface area contributed by atoms with E-state index in [4.69, 9.17) is 4.74 Å². The van der Waals surface area contributed by atoms with E-state index in [1.165, 1.54) is 13.2 Å². The molecule has 64 valence electrons. The molecule has 0 amide bonds. The Kier molecular flexibility index (Phi) is 6.72. The fourth-order valence-corrected chi connectivity index (χ4v) is 0.980. The van der Waals surface area contributed by atoms with E-state index in [2.05, 4.69) is 0 Å². The van der Waals surface area contributed by atoms with E-state index >= 15 is 0 Å². The molecule has 1 rings (SSSR count). The van der Waals surface area contributed by atoms with E-state index in [1.54, 1.807) is 12.1 Å². The summed E-state index contributed by atoms with van der Waals surface area (Å²) in [5, 5.41) is 11.1. The summed E-state index contributed by atoms with van der Waals surface area (Å²) in [6, 6.07) is 5.00. The second-order valence-electron chi connectivity index (χ2n) is 2.41. The molecule has 1 aromatic carbocycles. The summed E-state index contributed by atoms with van der Waals surface area (Å²) < 4.78 is 4.89. The van der Waals surface area contributed by atoms with E-state index in [0.29, 0.717) is 5.75 Å². The van der Waals surface area contributed by atoms with Crippen molar-refractivity contribution in [3.05, 3.63) is 29.8 Å². The zero-order valence-corrected chi connectivity index (χ0v) is 11.3. The first-order valence-electron chi connectivity index (χ1n) is 3.75. The summed E-state index contributed by atoms with van der Waals surface area (Å²) in [7, 11) is 1.50. The average molecular weight is 202 g/mol. The van der Waals surface area contributed by atoms with Crippen LogP contribution in [0.3, 0.4) is 0 Å². The van der Waals surface area contributed by atoms with Gasteiger partial charge in [0.15, 0.2) is 0 Å². The molecule has 0 atom stereocenters. The molecule has 0 radical (unpaired) electrons. The molecular formula is C10H11KO2. The van der Waals surface area contributed by atoms with Gasteiger partial charge < -0.3 is 9.84 Å². The molecule has 0 N–H and O–H groups in total. The first-order chi connectivity index (χ1) is 5.77. The predicted molar refractivity (Wildman–Crippen MR) is 47.1 cm³/mol. The molecule has 0 aliphatic heterocycles. The Hall–Kier alpha value is 0.196. The fraction of sp³-hybridized carbons (Fsp3) is 0.200. The zero-order chi connectivity index (χ0) is 8.97. The van der Waals surface area contributed by atoms with Crippen LogP contribution in [0.4, 0.5) is 0 Å². The minimum absolute atomic E-state index is 0. The first kappa shape index (κ1) is 13.2. The third-order valence-electron chi connectivity index (χ3n) is 1.55. The number of hydrogen-bond acceptors (Lipinski definition) is 2. The van der Waals surface area contributed by atoms with Crippen molar-refractivity contribution in [2.45, 2.75) is 6.92 Å². The molecule has 3 heteroatoms. The average Bonchev–Trinajstić information content (AvgIpc) is 2.09. The van der Waals surface area contributed by atoms with E-state index in [-0.39, 0.29) is 57.1 Å². The van der Waals surface area contributed by atoms with Crippen LogP contribution >= 0.6 is 0 Å². The first-order valence-corrected chi connectivity index (χ1v) is 3.75. The van der Waals surface area contributed by atoms with Crippen molar-refractivity contribution in [3.8, 4) is 11.5 Å². The van der Waals surface area contributed by atoms with Crippen molar-refractivity contribution in [3.63, 3.8) is 0 Å². The molecular weight excluding hydrogens is 191 g/mol. The van der Waals surface area contributed by atoms with Crippen LogP contribution in [0, 0.1) is 0 Å². The Bertz CT molecular complexity index is 295. The monoisotopic (exact) mass is 202 g/mol. The quantitative estimate of drug-likeness (QED) is 0.565. The SMILES string of the molecule is C/C=C/c1ccc([O-])c(OC)c1.[K+]. The molecule has 0 aliphatic carbocycles. The molecule has 2 nitrogen and oxygen atoms in total. The van der Waals surface area contributed by atoms with Crippen LogP contribution < -0.4 is 61.2 Å². The van der Waals surface area contributed by atoms with Crippen LogP contribution in [-0.4, -0.2) is 7.11 Å². The van der Waals surface area contributed by atoms with Crippen LogP contribution in [-0.2, 0) is 0 Å². The van der Waals surface area contributed by atoms with Crippen molar-refractivity contribution in [1.82, 2.24) is 0 Å². The smallest absolute Gasteiger partial charge is 0.870 e. The van der Waals surface area contributed by atoms with Gasteiger partial charge in [0, 0.05) is 0 Å². The maximum Gasteiger partial charge on any atom is 1.00 e. The predicted octanol–water partition coefficient (Wildman–Crippen LogP) is -1.19. The minimum Gasteiger partial charge on any atom is -0.870 e. The van der Waals surface area contributed by atoms with E-state index in [0.717, 1.165) is 5.56 Å². The summed E-state index contributed by atoms with van der Waals surface area (Å²) in [5.41, 5.74) is 0.981. The van der Waals surface area contributed by atoms with Gasteiger partial charge in [0.1, 0.15) is 5.75 Å². The molecule has 1 aromatic rings. The number of hydrogen-bond donors (Lipinski definition) is 0. The van der Waals surface area contributed by atoms with Gasteiger partial charge in [-0.3, -0.25) is 0 Å². The van der Waals surface area contributed by atoms with Crippen LogP contribution in [0.15, 0.2) is 24.3 Å². The van der Waals surface area contributed by atoms with Crippen LogP contribution in [0.5, 0.6) is 11.5 Å². The van der Waals surface area contributed by atoms with Gasteiger partial charge in [0.2, 0.25) is 0 Å². The number of methoxy groups -OCH3 is 1. The summed E-state index contributed by atoms with van der Waals surface area (Å²) in [6.07, 6.45) is 3.83. The molecule has 13 heavy (non-hydrogen) atoms. The van der Waals surface area contributed by atoms with Crippen molar-refractivity contribution >= 4 is 6.08 Å². The van der Waals surface area contributed by atoms with Crippen LogP contribution in [0.1, 0.15) is 12.5 Å². The Morgan fingerprint density at radius 2 is 2.08 bits per heavy atom. The summed E-state index contributed by atoms with van der Waals surface area (Å²) in [6.45, 7) is 1.93. The van der Waals surface area contributed by atoms with Gasteiger partial charge in [-0.15, -0.1) is 0 Å². The maximum atomic E-state index is 11.1. The van der Waals surface area contributed by atoms with Gasteiger partial charge in [0.25, 0.3) is 0 Å². The fourth-order valence-electron chi connectivity index (χ4n) is 0.980. The normalized spacial score (nSPS) is 9.69. The summed E-state index contributed by atoms with van der Waals surface area (Å²) in [4.78, 5) is 0. The number of allylic oxidation sites excluding steroid dienone is 1. The van der Waals surface area contributed by atoms with Gasteiger partial charge in [-0.2, -0.15) is 0 Å².